The minimum atomic E-state index is 0.281. The van der Waals surface area contributed by atoms with Crippen molar-refractivity contribution in [1.82, 2.24) is 10.3 Å². The first-order chi connectivity index (χ1) is 12.2. The maximum atomic E-state index is 5.59. The Morgan fingerprint density at radius 3 is 2.80 bits per heavy atom. The summed E-state index contributed by atoms with van der Waals surface area (Å²) in [4.78, 5) is 6.93. The molecule has 2 heterocycles. The van der Waals surface area contributed by atoms with Crippen molar-refractivity contribution >= 4 is 5.82 Å². The molecule has 1 N–H and O–H groups in total. The van der Waals surface area contributed by atoms with Crippen LogP contribution in [0.5, 0.6) is 0 Å². The molecule has 1 aliphatic heterocycles. The van der Waals surface area contributed by atoms with E-state index in [1.807, 2.05) is 6.20 Å². The van der Waals surface area contributed by atoms with Gasteiger partial charge in [0, 0.05) is 25.8 Å². The zero-order chi connectivity index (χ0) is 17.5. The summed E-state index contributed by atoms with van der Waals surface area (Å²) in [6.07, 6.45) is 3.41. The molecule has 2 aromatic rings. The maximum Gasteiger partial charge on any atom is 0.128 e. The van der Waals surface area contributed by atoms with Crippen LogP contribution in [-0.4, -0.2) is 37.3 Å². The number of aromatic nitrogens is 1. The number of anilines is 1. The average Bonchev–Trinajstić information content (AvgIpc) is 2.66. The number of nitrogens with one attached hydrogen (secondary N) is 1. The number of ether oxygens (including phenoxy) is 1. The van der Waals surface area contributed by atoms with Crippen LogP contribution in [0.3, 0.4) is 0 Å². The Balaban J connectivity index is 1.41. The standard InChI is InChI=1S/C21H29N3O/c1-17(20-6-4-3-5-7-20)10-11-22-14-19-8-9-21(23-15-19)24-12-13-25-18(2)16-24/h3-9,15,17-18,22H,10-14,16H2,1-2H3. The third-order valence-electron chi connectivity index (χ3n) is 4.83. The fraction of sp³-hybridized carbons (Fsp3) is 0.476. The van der Waals surface area contributed by atoms with Crippen molar-refractivity contribution in [2.45, 2.75) is 38.8 Å². The molecule has 1 fully saturated rings. The third kappa shape index (κ3) is 5.28. The highest BCUT2D eigenvalue weighted by molar-refractivity contribution is 5.39. The minimum absolute atomic E-state index is 0.281. The van der Waals surface area contributed by atoms with Crippen LogP contribution >= 0.6 is 0 Å². The van der Waals surface area contributed by atoms with Crippen molar-refractivity contribution < 1.29 is 4.74 Å². The average molecular weight is 339 g/mol. The summed E-state index contributed by atoms with van der Waals surface area (Å²) < 4.78 is 5.59. The largest absolute Gasteiger partial charge is 0.375 e. The molecule has 0 spiro atoms. The molecular weight excluding hydrogens is 310 g/mol. The van der Waals surface area contributed by atoms with Gasteiger partial charge >= 0.3 is 0 Å². The minimum Gasteiger partial charge on any atom is -0.375 e. The van der Waals surface area contributed by atoms with Crippen molar-refractivity contribution in [3.63, 3.8) is 0 Å². The maximum absolute atomic E-state index is 5.59. The first-order valence-electron chi connectivity index (χ1n) is 9.29. The Kier molecular flexibility index (Phi) is 6.42. The molecule has 1 saturated heterocycles. The van der Waals surface area contributed by atoms with Crippen LogP contribution in [-0.2, 0) is 11.3 Å². The van der Waals surface area contributed by atoms with Crippen LogP contribution in [0.1, 0.15) is 37.3 Å². The summed E-state index contributed by atoms with van der Waals surface area (Å²) in [5.74, 6) is 1.63. The first-order valence-corrected chi connectivity index (χ1v) is 9.29. The molecule has 0 bridgehead atoms. The highest BCUT2D eigenvalue weighted by Gasteiger charge is 2.17. The van der Waals surface area contributed by atoms with Gasteiger partial charge < -0.3 is 15.0 Å². The second kappa shape index (κ2) is 8.97. The van der Waals surface area contributed by atoms with Crippen molar-refractivity contribution in [2.24, 2.45) is 0 Å². The fourth-order valence-corrected chi connectivity index (χ4v) is 3.23. The van der Waals surface area contributed by atoms with Gasteiger partial charge in [0.05, 0.1) is 12.7 Å². The van der Waals surface area contributed by atoms with E-state index in [2.05, 4.69) is 71.5 Å². The predicted octanol–water partition coefficient (Wildman–Crippen LogP) is 3.59. The van der Waals surface area contributed by atoms with Gasteiger partial charge in [0.2, 0.25) is 0 Å². The van der Waals surface area contributed by atoms with E-state index in [-0.39, 0.29) is 6.10 Å². The second-order valence-electron chi connectivity index (χ2n) is 6.93. The third-order valence-corrected chi connectivity index (χ3v) is 4.83. The second-order valence-corrected chi connectivity index (χ2v) is 6.93. The van der Waals surface area contributed by atoms with E-state index in [4.69, 9.17) is 4.74 Å². The molecule has 1 aromatic carbocycles. The van der Waals surface area contributed by atoms with Crippen molar-refractivity contribution in [1.29, 1.82) is 0 Å². The molecule has 2 atom stereocenters. The highest BCUT2D eigenvalue weighted by atomic mass is 16.5. The molecular formula is C21H29N3O. The van der Waals surface area contributed by atoms with Gasteiger partial charge in [0.1, 0.15) is 5.82 Å². The van der Waals surface area contributed by atoms with Crippen LogP contribution in [0.15, 0.2) is 48.7 Å². The van der Waals surface area contributed by atoms with E-state index in [1.54, 1.807) is 0 Å². The first kappa shape index (κ1) is 17.9. The summed E-state index contributed by atoms with van der Waals surface area (Å²) in [5, 5.41) is 3.53. The lowest BCUT2D eigenvalue weighted by molar-refractivity contribution is 0.0529. The highest BCUT2D eigenvalue weighted by Crippen LogP contribution is 2.18. The van der Waals surface area contributed by atoms with Gasteiger partial charge in [-0.15, -0.1) is 0 Å². The molecule has 4 nitrogen and oxygen atoms in total. The van der Waals surface area contributed by atoms with Crippen LogP contribution < -0.4 is 10.2 Å². The topological polar surface area (TPSA) is 37.4 Å². The van der Waals surface area contributed by atoms with Crippen LogP contribution in [0, 0.1) is 0 Å². The van der Waals surface area contributed by atoms with Gasteiger partial charge in [-0.3, -0.25) is 0 Å². The molecule has 0 aliphatic carbocycles. The number of pyridine rings is 1. The molecule has 25 heavy (non-hydrogen) atoms. The Morgan fingerprint density at radius 1 is 1.24 bits per heavy atom. The quantitative estimate of drug-likeness (QED) is 0.782. The van der Waals surface area contributed by atoms with E-state index in [0.717, 1.165) is 45.0 Å². The van der Waals surface area contributed by atoms with Gasteiger partial charge in [-0.2, -0.15) is 0 Å². The van der Waals surface area contributed by atoms with Crippen LogP contribution in [0.4, 0.5) is 5.82 Å². The molecule has 0 radical (unpaired) electrons. The molecule has 0 saturated carbocycles. The summed E-state index contributed by atoms with van der Waals surface area (Å²) in [5.41, 5.74) is 2.65. The number of benzene rings is 1. The summed E-state index contributed by atoms with van der Waals surface area (Å²) in [6, 6.07) is 15.0. The SMILES string of the molecule is CC1CN(c2ccc(CNCCC(C)c3ccccc3)cn2)CCO1. The molecule has 1 aromatic heterocycles. The number of hydrogen-bond acceptors (Lipinski definition) is 4. The molecule has 1 aliphatic rings. The summed E-state index contributed by atoms with van der Waals surface area (Å²) in [6.45, 7) is 8.91. The van der Waals surface area contributed by atoms with Gasteiger partial charge in [-0.1, -0.05) is 43.3 Å². The van der Waals surface area contributed by atoms with E-state index in [1.165, 1.54) is 11.1 Å². The van der Waals surface area contributed by atoms with Gasteiger partial charge in [0.15, 0.2) is 0 Å². The number of rotatable bonds is 7. The summed E-state index contributed by atoms with van der Waals surface area (Å²) >= 11 is 0. The van der Waals surface area contributed by atoms with Gasteiger partial charge in [0.25, 0.3) is 0 Å². The van der Waals surface area contributed by atoms with Crippen LogP contribution in [0.25, 0.3) is 0 Å². The van der Waals surface area contributed by atoms with Crippen molar-refractivity contribution in [3.8, 4) is 0 Å². The van der Waals surface area contributed by atoms with Crippen molar-refractivity contribution in [3.05, 3.63) is 59.8 Å². The monoisotopic (exact) mass is 339 g/mol. The predicted molar refractivity (Wildman–Crippen MR) is 103 cm³/mol. The lowest BCUT2D eigenvalue weighted by Gasteiger charge is -2.32. The lowest BCUT2D eigenvalue weighted by Crippen LogP contribution is -2.41. The number of morpholine rings is 1. The molecule has 0 amide bonds. The Hall–Kier alpha value is -1.91. The van der Waals surface area contributed by atoms with Gasteiger partial charge in [-0.25, -0.2) is 4.98 Å². The van der Waals surface area contributed by atoms with Gasteiger partial charge in [-0.05, 0) is 43.0 Å². The zero-order valence-corrected chi connectivity index (χ0v) is 15.3. The normalized spacial score (nSPS) is 19.0. The Morgan fingerprint density at radius 2 is 2.08 bits per heavy atom. The zero-order valence-electron chi connectivity index (χ0n) is 15.3. The smallest absolute Gasteiger partial charge is 0.128 e. The molecule has 4 heteroatoms. The lowest BCUT2D eigenvalue weighted by atomic mass is 9.98. The summed E-state index contributed by atoms with van der Waals surface area (Å²) in [7, 11) is 0. The van der Waals surface area contributed by atoms with E-state index in [0.29, 0.717) is 5.92 Å². The molecule has 2 unspecified atom stereocenters. The van der Waals surface area contributed by atoms with Crippen molar-refractivity contribution in [2.75, 3.05) is 31.1 Å². The molecule has 134 valence electrons. The van der Waals surface area contributed by atoms with E-state index in [9.17, 15) is 0 Å². The van der Waals surface area contributed by atoms with E-state index < -0.39 is 0 Å². The number of hydrogen-bond donors (Lipinski definition) is 1. The Labute approximate surface area is 151 Å². The van der Waals surface area contributed by atoms with E-state index >= 15 is 0 Å². The molecule has 3 rings (SSSR count). The number of nitrogens with zero attached hydrogens (tertiary/aromatic N) is 2. The fourth-order valence-electron chi connectivity index (χ4n) is 3.23. The Bertz CT molecular complexity index is 629. The van der Waals surface area contributed by atoms with Crippen LogP contribution in [0.2, 0.25) is 0 Å².